The molecule has 0 aliphatic rings. The van der Waals surface area contributed by atoms with Crippen LogP contribution in [-0.2, 0) is 10.0 Å². The number of rotatable bonds is 8. The number of hydrogen-bond acceptors (Lipinski definition) is 3. The van der Waals surface area contributed by atoms with E-state index in [0.717, 1.165) is 19.3 Å². The van der Waals surface area contributed by atoms with Gasteiger partial charge in [0.2, 0.25) is 10.0 Å². The molecule has 0 unspecified atom stereocenters. The van der Waals surface area contributed by atoms with Crippen molar-refractivity contribution >= 4 is 15.7 Å². The molecule has 0 saturated heterocycles. The van der Waals surface area contributed by atoms with Gasteiger partial charge in [0.05, 0.1) is 11.4 Å². The van der Waals surface area contributed by atoms with Crippen molar-refractivity contribution < 1.29 is 13.5 Å². The van der Waals surface area contributed by atoms with Crippen molar-refractivity contribution in [2.24, 2.45) is 0 Å². The van der Waals surface area contributed by atoms with E-state index in [1.54, 1.807) is 12.1 Å². The van der Waals surface area contributed by atoms with Gasteiger partial charge in [-0.2, -0.15) is 0 Å². The van der Waals surface area contributed by atoms with E-state index in [-0.39, 0.29) is 11.5 Å². The van der Waals surface area contributed by atoms with Crippen LogP contribution in [0.15, 0.2) is 24.3 Å². The Kier molecular flexibility index (Phi) is 6.15. The third-order valence-corrected chi connectivity index (χ3v) is 4.96. The lowest BCUT2D eigenvalue weighted by atomic mass is 10.2. The topological polar surface area (TPSA) is 57.6 Å². The maximum Gasteiger partial charge on any atom is 0.235 e. The zero-order valence-corrected chi connectivity index (χ0v) is 12.5. The lowest BCUT2D eigenvalue weighted by Crippen LogP contribution is -2.32. The maximum absolute atomic E-state index is 12.3. The number of benzene rings is 1. The Balaban J connectivity index is 2.75. The molecule has 108 valence electrons. The summed E-state index contributed by atoms with van der Waals surface area (Å²) in [5, 5.41) is 9.25. The van der Waals surface area contributed by atoms with Crippen molar-refractivity contribution in [1.29, 1.82) is 0 Å². The highest BCUT2D eigenvalue weighted by molar-refractivity contribution is 7.92. The molecule has 0 atom stereocenters. The van der Waals surface area contributed by atoms with E-state index in [1.807, 2.05) is 6.92 Å². The minimum absolute atomic E-state index is 0.139. The molecular formula is C14H23NO3S. The number of phenolic OH excluding ortho intramolecular Hbond substituents is 1. The Morgan fingerprint density at radius 2 is 1.68 bits per heavy atom. The molecule has 1 N–H and O–H groups in total. The van der Waals surface area contributed by atoms with Crippen LogP contribution in [0.4, 0.5) is 5.69 Å². The molecule has 0 aliphatic carbocycles. The van der Waals surface area contributed by atoms with Crippen molar-refractivity contribution in [3.63, 3.8) is 0 Å². The molecule has 0 spiro atoms. The summed E-state index contributed by atoms with van der Waals surface area (Å²) in [5.41, 5.74) is 0.607. The lowest BCUT2D eigenvalue weighted by molar-refractivity contribution is 0.475. The molecule has 4 nitrogen and oxygen atoms in total. The van der Waals surface area contributed by atoms with Crippen LogP contribution in [0.25, 0.3) is 0 Å². The van der Waals surface area contributed by atoms with Gasteiger partial charge < -0.3 is 5.11 Å². The van der Waals surface area contributed by atoms with Gasteiger partial charge in [-0.1, -0.05) is 26.2 Å². The second-order valence-electron chi connectivity index (χ2n) is 4.56. The van der Waals surface area contributed by atoms with Gasteiger partial charge >= 0.3 is 0 Å². The van der Waals surface area contributed by atoms with Crippen LogP contribution in [0.5, 0.6) is 5.75 Å². The summed E-state index contributed by atoms with van der Waals surface area (Å²) in [4.78, 5) is 0. The lowest BCUT2D eigenvalue weighted by Gasteiger charge is -2.22. The molecule has 19 heavy (non-hydrogen) atoms. The van der Waals surface area contributed by atoms with Crippen LogP contribution in [0.2, 0.25) is 0 Å². The minimum atomic E-state index is -3.27. The second-order valence-corrected chi connectivity index (χ2v) is 6.57. The fraction of sp³-hybridized carbons (Fsp3) is 0.571. The molecule has 0 aliphatic heterocycles. The number of phenols is 1. The van der Waals surface area contributed by atoms with E-state index in [4.69, 9.17) is 0 Å². The van der Waals surface area contributed by atoms with E-state index in [9.17, 15) is 13.5 Å². The Bertz CT molecular complexity index is 468. The number of nitrogens with zero attached hydrogens (tertiary/aromatic N) is 1. The molecule has 1 rings (SSSR count). The molecule has 1 aromatic rings. The normalized spacial score (nSPS) is 11.5. The molecule has 0 heterocycles. The van der Waals surface area contributed by atoms with Crippen LogP contribution >= 0.6 is 0 Å². The van der Waals surface area contributed by atoms with Crippen molar-refractivity contribution in [2.75, 3.05) is 16.6 Å². The van der Waals surface area contributed by atoms with Crippen molar-refractivity contribution in [3.8, 4) is 5.75 Å². The Morgan fingerprint density at radius 1 is 1.05 bits per heavy atom. The first-order valence-electron chi connectivity index (χ1n) is 6.80. The number of sulfonamides is 1. The van der Waals surface area contributed by atoms with Gasteiger partial charge in [0.15, 0.2) is 0 Å². The Hall–Kier alpha value is -1.23. The van der Waals surface area contributed by atoms with Crippen LogP contribution in [0.1, 0.15) is 39.5 Å². The van der Waals surface area contributed by atoms with E-state index in [0.29, 0.717) is 18.7 Å². The van der Waals surface area contributed by atoms with E-state index >= 15 is 0 Å². The van der Waals surface area contributed by atoms with Crippen LogP contribution in [0.3, 0.4) is 0 Å². The van der Waals surface area contributed by atoms with Crippen molar-refractivity contribution in [1.82, 2.24) is 0 Å². The first-order valence-corrected chi connectivity index (χ1v) is 8.41. The quantitative estimate of drug-likeness (QED) is 0.747. The maximum atomic E-state index is 12.3. The number of unbranched alkanes of at least 4 members (excludes halogenated alkanes) is 3. The summed E-state index contributed by atoms with van der Waals surface area (Å²) in [7, 11) is -3.27. The third kappa shape index (κ3) is 4.74. The van der Waals surface area contributed by atoms with Crippen molar-refractivity contribution in [2.45, 2.75) is 39.5 Å². The summed E-state index contributed by atoms with van der Waals surface area (Å²) in [6.45, 7) is 4.32. The summed E-state index contributed by atoms with van der Waals surface area (Å²) in [5.74, 6) is 0.321. The molecular weight excluding hydrogens is 262 g/mol. The summed E-state index contributed by atoms with van der Waals surface area (Å²) < 4.78 is 25.9. The van der Waals surface area contributed by atoms with Gasteiger partial charge in [0.1, 0.15) is 5.75 Å². The van der Waals surface area contributed by atoms with Crippen molar-refractivity contribution in [3.05, 3.63) is 24.3 Å². The SMILES string of the molecule is CCCCCCS(=O)(=O)N(CC)c1ccc(O)cc1. The zero-order chi connectivity index (χ0) is 14.3. The number of anilines is 1. The summed E-state index contributed by atoms with van der Waals surface area (Å²) in [6, 6.07) is 6.26. The predicted octanol–water partition coefficient (Wildman–Crippen LogP) is 3.13. The summed E-state index contributed by atoms with van der Waals surface area (Å²) >= 11 is 0. The van der Waals surface area contributed by atoms with Gasteiger partial charge in [-0.25, -0.2) is 8.42 Å². The zero-order valence-electron chi connectivity index (χ0n) is 11.7. The van der Waals surface area contributed by atoms with Gasteiger partial charge in [-0.15, -0.1) is 0 Å². The highest BCUT2D eigenvalue weighted by Gasteiger charge is 2.20. The number of aromatic hydroxyl groups is 1. The molecule has 0 saturated carbocycles. The van der Waals surface area contributed by atoms with Gasteiger partial charge in [-0.05, 0) is 37.6 Å². The first-order chi connectivity index (χ1) is 9.01. The van der Waals surface area contributed by atoms with E-state index in [1.165, 1.54) is 16.4 Å². The average molecular weight is 285 g/mol. The van der Waals surface area contributed by atoms with E-state index in [2.05, 4.69) is 6.92 Å². The van der Waals surface area contributed by atoms with Crippen LogP contribution < -0.4 is 4.31 Å². The number of hydrogen-bond donors (Lipinski definition) is 1. The van der Waals surface area contributed by atoms with Gasteiger partial charge in [0.25, 0.3) is 0 Å². The van der Waals surface area contributed by atoms with Crippen LogP contribution in [0, 0.1) is 0 Å². The largest absolute Gasteiger partial charge is 0.508 e. The van der Waals surface area contributed by atoms with Gasteiger partial charge in [0, 0.05) is 6.54 Å². The monoisotopic (exact) mass is 285 g/mol. The highest BCUT2D eigenvalue weighted by atomic mass is 32.2. The molecule has 1 aromatic carbocycles. The first kappa shape index (κ1) is 15.8. The average Bonchev–Trinajstić information content (AvgIpc) is 2.37. The Morgan fingerprint density at radius 3 is 2.21 bits per heavy atom. The minimum Gasteiger partial charge on any atom is -0.508 e. The molecule has 0 radical (unpaired) electrons. The third-order valence-electron chi connectivity index (χ3n) is 3.02. The molecule has 0 amide bonds. The second kappa shape index (κ2) is 7.38. The van der Waals surface area contributed by atoms with E-state index < -0.39 is 10.0 Å². The fourth-order valence-electron chi connectivity index (χ4n) is 1.98. The van der Waals surface area contributed by atoms with Crippen LogP contribution in [-0.4, -0.2) is 25.8 Å². The Labute approximate surface area is 116 Å². The highest BCUT2D eigenvalue weighted by Crippen LogP contribution is 2.21. The standard InChI is InChI=1S/C14H23NO3S/c1-3-5-6-7-12-19(17,18)15(4-2)13-8-10-14(16)11-9-13/h8-11,16H,3-7,12H2,1-2H3. The molecule has 0 aromatic heterocycles. The molecule has 0 bridgehead atoms. The van der Waals surface area contributed by atoms with Gasteiger partial charge in [-0.3, -0.25) is 4.31 Å². The summed E-state index contributed by atoms with van der Waals surface area (Å²) in [6.07, 6.45) is 3.81. The smallest absolute Gasteiger partial charge is 0.235 e. The molecule has 5 heteroatoms. The predicted molar refractivity (Wildman–Crippen MR) is 79.1 cm³/mol. The fourth-order valence-corrected chi connectivity index (χ4v) is 3.61. The molecule has 0 fully saturated rings.